The Morgan fingerprint density at radius 1 is 0.971 bits per heavy atom. The van der Waals surface area contributed by atoms with Gasteiger partial charge in [0.05, 0.1) is 17.3 Å². The van der Waals surface area contributed by atoms with E-state index in [9.17, 15) is 5.11 Å². The van der Waals surface area contributed by atoms with Crippen molar-refractivity contribution in [3.63, 3.8) is 0 Å². The summed E-state index contributed by atoms with van der Waals surface area (Å²) in [5, 5.41) is 10.3. The quantitative estimate of drug-likeness (QED) is 0.652. The summed E-state index contributed by atoms with van der Waals surface area (Å²) >= 11 is 0. The number of ether oxygens (including phenoxy) is 1. The Bertz CT molecular complexity index is 1030. The van der Waals surface area contributed by atoms with Gasteiger partial charge in [0.15, 0.2) is 0 Å². The second kappa shape index (κ2) is 11.1. The molecule has 5 nitrogen and oxygen atoms in total. The smallest absolute Gasteiger partial charge is 0.129 e. The van der Waals surface area contributed by atoms with Crippen LogP contribution in [0.5, 0.6) is 0 Å². The third-order valence-electron chi connectivity index (χ3n) is 8.11. The standard InChI is InChI=1S/C30H39N3O2/c1-35-28-23-32(22-27(28)34)29-14-13-25(26(31-29)21-24-11-5-2-6-12-24)15-18-30(16-7-3-8-17-30)33-19-9-4-10-20-33/h2,5-6,11-14,27-28,34H,3-4,7-10,16-17,19-23H2,1H3. The summed E-state index contributed by atoms with van der Waals surface area (Å²) in [6.45, 7) is 3.55. The molecule has 1 aromatic carbocycles. The molecule has 35 heavy (non-hydrogen) atoms. The summed E-state index contributed by atoms with van der Waals surface area (Å²) in [7, 11) is 1.66. The SMILES string of the molecule is COC1CN(c2ccc(C#CC3(N4CCCCC4)CCCCC3)c(Cc3ccccc3)n2)CC1O. The minimum Gasteiger partial charge on any atom is -0.388 e. The van der Waals surface area contributed by atoms with Gasteiger partial charge in [-0.15, -0.1) is 0 Å². The molecule has 2 aliphatic heterocycles. The van der Waals surface area contributed by atoms with Gasteiger partial charge in [0.2, 0.25) is 0 Å². The molecule has 3 fully saturated rings. The Morgan fingerprint density at radius 2 is 1.71 bits per heavy atom. The molecule has 0 spiro atoms. The Hall–Kier alpha value is -2.39. The maximum Gasteiger partial charge on any atom is 0.129 e. The van der Waals surface area contributed by atoms with Gasteiger partial charge in [-0.05, 0) is 56.5 Å². The van der Waals surface area contributed by atoms with Crippen LogP contribution in [-0.2, 0) is 11.2 Å². The Balaban J connectivity index is 1.47. The van der Waals surface area contributed by atoms with Crippen LogP contribution in [0.2, 0.25) is 0 Å². The molecule has 2 saturated heterocycles. The highest BCUT2D eigenvalue weighted by atomic mass is 16.5. The lowest BCUT2D eigenvalue weighted by Crippen LogP contribution is -2.51. The second-order valence-corrected chi connectivity index (χ2v) is 10.5. The number of rotatable bonds is 5. The van der Waals surface area contributed by atoms with Crippen LogP contribution < -0.4 is 4.90 Å². The number of hydrogen-bond acceptors (Lipinski definition) is 5. The molecule has 3 heterocycles. The molecule has 0 bridgehead atoms. The lowest BCUT2D eigenvalue weighted by atomic mass is 9.79. The van der Waals surface area contributed by atoms with E-state index in [0.717, 1.165) is 23.5 Å². The summed E-state index contributed by atoms with van der Waals surface area (Å²) in [5.41, 5.74) is 3.30. The van der Waals surface area contributed by atoms with E-state index in [1.165, 1.54) is 70.0 Å². The molecule has 2 aromatic rings. The van der Waals surface area contributed by atoms with E-state index in [1.54, 1.807) is 7.11 Å². The number of likely N-dealkylation sites (tertiary alicyclic amines) is 1. The predicted molar refractivity (Wildman–Crippen MR) is 141 cm³/mol. The lowest BCUT2D eigenvalue weighted by Gasteiger charge is -2.44. The fourth-order valence-corrected chi connectivity index (χ4v) is 6.04. The van der Waals surface area contributed by atoms with Crippen LogP contribution >= 0.6 is 0 Å². The molecule has 0 amide bonds. The monoisotopic (exact) mass is 473 g/mol. The third kappa shape index (κ3) is 5.56. The normalized spacial score (nSPS) is 24.7. The highest BCUT2D eigenvalue weighted by Crippen LogP contribution is 2.35. The summed E-state index contributed by atoms with van der Waals surface area (Å²) in [5.74, 6) is 8.36. The van der Waals surface area contributed by atoms with Gasteiger partial charge in [0, 0.05) is 32.2 Å². The molecule has 2 unspecified atom stereocenters. The number of pyridine rings is 1. The average Bonchev–Trinajstić information content (AvgIpc) is 3.30. The van der Waals surface area contributed by atoms with Gasteiger partial charge in [-0.1, -0.05) is 67.9 Å². The molecular formula is C30H39N3O2. The molecule has 3 aliphatic rings. The number of aromatic nitrogens is 1. The number of β-amino-alcohol motifs (C(OH)–C–C–N with tert-alkyl or cyclic N) is 1. The van der Waals surface area contributed by atoms with Crippen molar-refractivity contribution in [2.45, 2.75) is 75.5 Å². The summed E-state index contributed by atoms with van der Waals surface area (Å²) in [4.78, 5) is 9.91. The van der Waals surface area contributed by atoms with Crippen molar-refractivity contribution in [1.29, 1.82) is 0 Å². The highest BCUT2D eigenvalue weighted by Gasteiger charge is 2.37. The van der Waals surface area contributed by atoms with Crippen molar-refractivity contribution < 1.29 is 9.84 Å². The van der Waals surface area contributed by atoms with Crippen LogP contribution in [0.4, 0.5) is 5.82 Å². The number of aliphatic hydroxyl groups excluding tert-OH is 1. The number of anilines is 1. The fourth-order valence-electron chi connectivity index (χ4n) is 6.04. The number of methoxy groups -OCH3 is 1. The molecule has 186 valence electrons. The molecule has 1 aliphatic carbocycles. The fraction of sp³-hybridized carbons (Fsp3) is 0.567. The van der Waals surface area contributed by atoms with Gasteiger partial charge in [-0.2, -0.15) is 0 Å². The maximum atomic E-state index is 10.3. The van der Waals surface area contributed by atoms with Crippen molar-refractivity contribution in [3.8, 4) is 11.8 Å². The maximum absolute atomic E-state index is 10.3. The number of aliphatic hydroxyl groups is 1. The van der Waals surface area contributed by atoms with E-state index >= 15 is 0 Å². The van der Waals surface area contributed by atoms with Crippen molar-refractivity contribution in [1.82, 2.24) is 9.88 Å². The van der Waals surface area contributed by atoms with E-state index in [1.807, 2.05) is 0 Å². The molecule has 5 heteroatoms. The molecule has 0 radical (unpaired) electrons. The molecular weight excluding hydrogens is 434 g/mol. The first-order chi connectivity index (χ1) is 17.2. The minimum atomic E-state index is -0.491. The van der Waals surface area contributed by atoms with Crippen LogP contribution in [0, 0.1) is 11.8 Å². The summed E-state index contributed by atoms with van der Waals surface area (Å²) in [6.07, 6.45) is 10.3. The van der Waals surface area contributed by atoms with Crippen LogP contribution in [0.1, 0.15) is 68.2 Å². The van der Waals surface area contributed by atoms with Crippen molar-refractivity contribution in [2.75, 3.05) is 38.2 Å². The molecule has 5 rings (SSSR count). The van der Waals surface area contributed by atoms with Gasteiger partial charge in [-0.3, -0.25) is 4.90 Å². The van der Waals surface area contributed by atoms with Crippen molar-refractivity contribution >= 4 is 5.82 Å². The third-order valence-corrected chi connectivity index (χ3v) is 8.11. The summed E-state index contributed by atoms with van der Waals surface area (Å²) in [6, 6.07) is 14.7. The van der Waals surface area contributed by atoms with Crippen LogP contribution in [-0.4, -0.2) is 66.0 Å². The molecule has 2 atom stereocenters. The number of piperidine rings is 1. The van der Waals surface area contributed by atoms with Gasteiger partial charge in [0.25, 0.3) is 0 Å². The zero-order valence-electron chi connectivity index (χ0n) is 21.1. The second-order valence-electron chi connectivity index (χ2n) is 10.5. The van der Waals surface area contributed by atoms with E-state index < -0.39 is 6.10 Å². The Kier molecular flexibility index (Phi) is 7.72. The summed E-state index contributed by atoms with van der Waals surface area (Å²) < 4.78 is 5.45. The Labute approximate surface area is 210 Å². The number of benzene rings is 1. The predicted octanol–water partition coefficient (Wildman–Crippen LogP) is 4.41. The van der Waals surface area contributed by atoms with Crippen LogP contribution in [0.15, 0.2) is 42.5 Å². The van der Waals surface area contributed by atoms with Gasteiger partial charge in [-0.25, -0.2) is 4.98 Å². The molecule has 1 aromatic heterocycles. The zero-order chi connectivity index (χ0) is 24.1. The van der Waals surface area contributed by atoms with Crippen molar-refractivity contribution in [2.24, 2.45) is 0 Å². The van der Waals surface area contributed by atoms with Gasteiger partial charge < -0.3 is 14.7 Å². The molecule has 1 saturated carbocycles. The van der Waals surface area contributed by atoms with Crippen molar-refractivity contribution in [3.05, 3.63) is 59.3 Å². The van der Waals surface area contributed by atoms with E-state index in [2.05, 4.69) is 64.1 Å². The van der Waals surface area contributed by atoms with E-state index in [4.69, 9.17) is 9.72 Å². The first-order valence-electron chi connectivity index (χ1n) is 13.4. The number of hydrogen-bond donors (Lipinski definition) is 1. The van der Waals surface area contributed by atoms with Gasteiger partial charge in [0.1, 0.15) is 11.9 Å². The molecule has 1 N–H and O–H groups in total. The lowest BCUT2D eigenvalue weighted by molar-refractivity contribution is 0.0217. The zero-order valence-corrected chi connectivity index (χ0v) is 21.1. The average molecular weight is 474 g/mol. The first kappa shape index (κ1) is 24.3. The van der Waals surface area contributed by atoms with E-state index in [-0.39, 0.29) is 11.6 Å². The first-order valence-corrected chi connectivity index (χ1v) is 13.4. The largest absolute Gasteiger partial charge is 0.388 e. The minimum absolute atomic E-state index is 0.0199. The van der Waals surface area contributed by atoms with Crippen LogP contribution in [0.3, 0.4) is 0 Å². The number of nitrogens with zero attached hydrogens (tertiary/aromatic N) is 3. The topological polar surface area (TPSA) is 48.8 Å². The van der Waals surface area contributed by atoms with E-state index in [0.29, 0.717) is 13.1 Å². The Morgan fingerprint density at radius 3 is 2.43 bits per heavy atom. The van der Waals surface area contributed by atoms with Crippen LogP contribution in [0.25, 0.3) is 0 Å². The highest BCUT2D eigenvalue weighted by molar-refractivity contribution is 5.50. The van der Waals surface area contributed by atoms with Gasteiger partial charge >= 0.3 is 0 Å².